The highest BCUT2D eigenvalue weighted by atomic mass is 16.5. The van der Waals surface area contributed by atoms with Crippen LogP contribution >= 0.6 is 0 Å². The first-order chi connectivity index (χ1) is 9.02. The lowest BCUT2D eigenvalue weighted by atomic mass is 9.94. The number of hydrogen-bond acceptors (Lipinski definition) is 2. The van der Waals surface area contributed by atoms with E-state index in [0.29, 0.717) is 12.0 Å². The fourth-order valence-electron chi connectivity index (χ4n) is 2.29. The van der Waals surface area contributed by atoms with Gasteiger partial charge in [-0.3, -0.25) is 0 Å². The van der Waals surface area contributed by atoms with Gasteiger partial charge in [0.25, 0.3) is 0 Å². The van der Waals surface area contributed by atoms with Crippen molar-refractivity contribution >= 4 is 0 Å². The van der Waals surface area contributed by atoms with Crippen LogP contribution < -0.4 is 10.1 Å². The molecule has 0 spiro atoms. The average molecular weight is 263 g/mol. The largest absolute Gasteiger partial charge is 0.491 e. The van der Waals surface area contributed by atoms with Crippen molar-refractivity contribution < 1.29 is 4.74 Å². The highest BCUT2D eigenvalue weighted by Crippen LogP contribution is 2.23. The lowest BCUT2D eigenvalue weighted by molar-refractivity contribution is 0.242. The highest BCUT2D eigenvalue weighted by molar-refractivity contribution is 5.29. The zero-order chi connectivity index (χ0) is 14.3. The molecule has 2 atom stereocenters. The molecular weight excluding hydrogens is 234 g/mol. The van der Waals surface area contributed by atoms with E-state index >= 15 is 0 Å². The van der Waals surface area contributed by atoms with Crippen LogP contribution in [0.5, 0.6) is 5.75 Å². The van der Waals surface area contributed by atoms with Crippen LogP contribution in [0.3, 0.4) is 0 Å². The van der Waals surface area contributed by atoms with Crippen LogP contribution in [0.15, 0.2) is 24.3 Å². The maximum Gasteiger partial charge on any atom is 0.119 e. The van der Waals surface area contributed by atoms with Crippen molar-refractivity contribution in [2.45, 2.75) is 65.5 Å². The third kappa shape index (κ3) is 6.11. The standard InChI is InChI=1S/C17H29NO/c1-6-11-18-15(5)12-14(4)16-7-9-17(10-8-16)19-13(2)3/h7-10,13-15,18H,6,11-12H2,1-5H3. The molecule has 0 aliphatic carbocycles. The quantitative estimate of drug-likeness (QED) is 0.752. The second kappa shape index (κ2) is 8.21. The smallest absolute Gasteiger partial charge is 0.119 e. The van der Waals surface area contributed by atoms with Crippen LogP contribution in [0, 0.1) is 0 Å². The number of ether oxygens (including phenoxy) is 1. The van der Waals surface area contributed by atoms with Gasteiger partial charge in [0.05, 0.1) is 6.10 Å². The summed E-state index contributed by atoms with van der Waals surface area (Å²) < 4.78 is 5.67. The third-order valence-corrected chi connectivity index (χ3v) is 3.27. The van der Waals surface area contributed by atoms with Gasteiger partial charge in [-0.25, -0.2) is 0 Å². The molecule has 0 amide bonds. The molecule has 19 heavy (non-hydrogen) atoms. The van der Waals surface area contributed by atoms with Crippen LogP contribution in [-0.4, -0.2) is 18.7 Å². The monoisotopic (exact) mass is 263 g/mol. The Morgan fingerprint density at radius 3 is 2.21 bits per heavy atom. The van der Waals surface area contributed by atoms with Crippen molar-refractivity contribution in [3.63, 3.8) is 0 Å². The topological polar surface area (TPSA) is 21.3 Å². The fraction of sp³-hybridized carbons (Fsp3) is 0.647. The van der Waals surface area contributed by atoms with E-state index in [0.717, 1.165) is 12.3 Å². The molecule has 0 fully saturated rings. The number of benzene rings is 1. The van der Waals surface area contributed by atoms with Gasteiger partial charge in [0.15, 0.2) is 0 Å². The third-order valence-electron chi connectivity index (χ3n) is 3.27. The summed E-state index contributed by atoms with van der Waals surface area (Å²) in [6.07, 6.45) is 2.60. The summed E-state index contributed by atoms with van der Waals surface area (Å²) in [6.45, 7) is 12.0. The van der Waals surface area contributed by atoms with Gasteiger partial charge in [-0.05, 0) is 63.8 Å². The first kappa shape index (κ1) is 16.0. The van der Waals surface area contributed by atoms with E-state index in [1.165, 1.54) is 18.4 Å². The number of hydrogen-bond donors (Lipinski definition) is 1. The molecule has 0 heterocycles. The Morgan fingerprint density at radius 1 is 1.05 bits per heavy atom. The van der Waals surface area contributed by atoms with E-state index in [9.17, 15) is 0 Å². The number of nitrogens with one attached hydrogen (secondary N) is 1. The maximum absolute atomic E-state index is 5.67. The first-order valence-electron chi connectivity index (χ1n) is 7.53. The zero-order valence-electron chi connectivity index (χ0n) is 13.1. The second-order valence-electron chi connectivity index (χ2n) is 5.73. The lowest BCUT2D eigenvalue weighted by Crippen LogP contribution is -2.27. The highest BCUT2D eigenvalue weighted by Gasteiger charge is 2.10. The molecule has 2 nitrogen and oxygen atoms in total. The summed E-state index contributed by atoms with van der Waals surface area (Å²) in [5.74, 6) is 1.54. The van der Waals surface area contributed by atoms with Crippen LogP contribution in [-0.2, 0) is 0 Å². The molecular formula is C17H29NO. The van der Waals surface area contributed by atoms with Crippen LogP contribution in [0.2, 0.25) is 0 Å². The summed E-state index contributed by atoms with van der Waals surface area (Å²) >= 11 is 0. The van der Waals surface area contributed by atoms with Crippen molar-refractivity contribution in [1.29, 1.82) is 0 Å². The summed E-state index contributed by atoms with van der Waals surface area (Å²) in [5.41, 5.74) is 1.39. The summed E-state index contributed by atoms with van der Waals surface area (Å²) in [5, 5.41) is 3.55. The van der Waals surface area contributed by atoms with Gasteiger partial charge in [0, 0.05) is 6.04 Å². The predicted octanol–water partition coefficient (Wildman–Crippen LogP) is 4.36. The van der Waals surface area contributed by atoms with Crippen LogP contribution in [0.25, 0.3) is 0 Å². The molecule has 0 bridgehead atoms. The van der Waals surface area contributed by atoms with Crippen LogP contribution in [0.1, 0.15) is 58.9 Å². The summed E-state index contributed by atoms with van der Waals surface area (Å²) in [7, 11) is 0. The molecule has 0 radical (unpaired) electrons. The van der Waals surface area contributed by atoms with Gasteiger partial charge >= 0.3 is 0 Å². The van der Waals surface area contributed by atoms with E-state index in [2.05, 4.69) is 64.2 Å². The van der Waals surface area contributed by atoms with Gasteiger partial charge in [0.2, 0.25) is 0 Å². The Kier molecular flexibility index (Phi) is 6.93. The van der Waals surface area contributed by atoms with E-state index in [-0.39, 0.29) is 6.10 Å². The molecule has 108 valence electrons. The molecule has 2 unspecified atom stereocenters. The second-order valence-corrected chi connectivity index (χ2v) is 5.73. The molecule has 0 aliphatic heterocycles. The maximum atomic E-state index is 5.67. The Labute approximate surface area is 118 Å². The van der Waals surface area contributed by atoms with Crippen LogP contribution in [0.4, 0.5) is 0 Å². The molecule has 1 aromatic carbocycles. The molecule has 2 heteroatoms. The average Bonchev–Trinajstić information content (AvgIpc) is 2.36. The Bertz CT molecular complexity index is 345. The zero-order valence-corrected chi connectivity index (χ0v) is 13.1. The van der Waals surface area contributed by atoms with Crippen molar-refractivity contribution in [3.05, 3.63) is 29.8 Å². The van der Waals surface area contributed by atoms with Crippen molar-refractivity contribution in [3.8, 4) is 5.75 Å². The van der Waals surface area contributed by atoms with Gasteiger partial charge < -0.3 is 10.1 Å². The van der Waals surface area contributed by atoms with E-state index in [1.807, 2.05) is 0 Å². The van der Waals surface area contributed by atoms with Gasteiger partial charge in [-0.2, -0.15) is 0 Å². The Morgan fingerprint density at radius 2 is 1.68 bits per heavy atom. The van der Waals surface area contributed by atoms with E-state index < -0.39 is 0 Å². The lowest BCUT2D eigenvalue weighted by Gasteiger charge is -2.19. The van der Waals surface area contributed by atoms with Gasteiger partial charge in [-0.1, -0.05) is 26.0 Å². The molecule has 0 aromatic heterocycles. The van der Waals surface area contributed by atoms with Gasteiger partial charge in [0.1, 0.15) is 5.75 Å². The van der Waals surface area contributed by atoms with Crippen molar-refractivity contribution in [2.24, 2.45) is 0 Å². The Hall–Kier alpha value is -1.02. The Balaban J connectivity index is 2.50. The van der Waals surface area contributed by atoms with Crippen molar-refractivity contribution in [2.75, 3.05) is 6.54 Å². The molecule has 0 aliphatic rings. The summed E-state index contributed by atoms with van der Waals surface area (Å²) in [4.78, 5) is 0. The predicted molar refractivity (Wildman–Crippen MR) is 83.0 cm³/mol. The van der Waals surface area contributed by atoms with E-state index in [1.54, 1.807) is 0 Å². The van der Waals surface area contributed by atoms with E-state index in [4.69, 9.17) is 4.74 Å². The molecule has 0 saturated heterocycles. The first-order valence-corrected chi connectivity index (χ1v) is 7.53. The molecule has 0 saturated carbocycles. The minimum absolute atomic E-state index is 0.238. The molecule has 1 N–H and O–H groups in total. The SMILES string of the molecule is CCCNC(C)CC(C)c1ccc(OC(C)C)cc1. The normalized spacial score (nSPS) is 14.4. The molecule has 1 rings (SSSR count). The minimum Gasteiger partial charge on any atom is -0.491 e. The van der Waals surface area contributed by atoms with Crippen molar-refractivity contribution in [1.82, 2.24) is 5.32 Å². The number of rotatable bonds is 8. The molecule has 1 aromatic rings. The fourth-order valence-corrected chi connectivity index (χ4v) is 2.29. The summed E-state index contributed by atoms with van der Waals surface area (Å²) in [6, 6.07) is 9.11. The minimum atomic E-state index is 0.238. The van der Waals surface area contributed by atoms with Gasteiger partial charge in [-0.15, -0.1) is 0 Å².